The van der Waals surface area contributed by atoms with E-state index in [-0.39, 0.29) is 0 Å². The number of furan rings is 1. The van der Waals surface area contributed by atoms with Crippen LogP contribution in [0.2, 0.25) is 0 Å². The zero-order valence-corrected chi connectivity index (χ0v) is 8.95. The molecule has 1 aromatic carbocycles. The minimum Gasteiger partial charge on any atom is -0.460 e. The average molecular weight is 199 g/mol. The second-order valence-corrected chi connectivity index (χ2v) is 3.92. The summed E-state index contributed by atoms with van der Waals surface area (Å²) < 4.78 is 5.68. The quantitative estimate of drug-likeness (QED) is 0.740. The number of para-hydroxylation sites is 1. The van der Waals surface area contributed by atoms with Crippen LogP contribution in [0.1, 0.15) is 31.1 Å². The minimum atomic E-state index is 0.349. The van der Waals surface area contributed by atoms with Gasteiger partial charge < -0.3 is 4.42 Å². The van der Waals surface area contributed by atoms with E-state index in [1.54, 1.807) is 0 Å². The molecule has 0 aliphatic rings. The molecular weight excluding hydrogens is 186 g/mol. The van der Waals surface area contributed by atoms with E-state index < -0.39 is 0 Å². The zero-order valence-electron chi connectivity index (χ0n) is 8.95. The highest BCUT2D eigenvalue weighted by Gasteiger charge is 2.15. The molecule has 0 aliphatic carbocycles. The standard InChI is InChI=1S/C13H13NO/c1-9(2)13-10-5-3-4-6-11(10)15-12(13)7-8-14/h3-6,9H,7H2,1-2H3. The normalized spacial score (nSPS) is 10.8. The Bertz CT molecular complexity index is 517. The lowest BCUT2D eigenvalue weighted by atomic mass is 9.98. The Labute approximate surface area is 89.1 Å². The third-order valence-electron chi connectivity index (χ3n) is 2.53. The Morgan fingerprint density at radius 3 is 2.73 bits per heavy atom. The lowest BCUT2D eigenvalue weighted by Crippen LogP contribution is -1.91. The van der Waals surface area contributed by atoms with Crippen molar-refractivity contribution in [3.05, 3.63) is 35.6 Å². The summed E-state index contributed by atoms with van der Waals surface area (Å²) >= 11 is 0. The first kappa shape index (κ1) is 9.79. The monoisotopic (exact) mass is 199 g/mol. The molecule has 0 atom stereocenters. The van der Waals surface area contributed by atoms with Gasteiger partial charge in [-0.2, -0.15) is 5.26 Å². The fourth-order valence-electron chi connectivity index (χ4n) is 1.95. The van der Waals surface area contributed by atoms with E-state index >= 15 is 0 Å². The van der Waals surface area contributed by atoms with Gasteiger partial charge in [-0.3, -0.25) is 0 Å². The molecule has 0 unspecified atom stereocenters. The molecule has 0 N–H and O–H groups in total. The van der Waals surface area contributed by atoms with Crippen molar-refractivity contribution in [3.63, 3.8) is 0 Å². The molecule has 0 saturated carbocycles. The number of hydrogen-bond donors (Lipinski definition) is 0. The van der Waals surface area contributed by atoms with Crippen LogP contribution in [0.5, 0.6) is 0 Å². The number of hydrogen-bond acceptors (Lipinski definition) is 2. The molecule has 1 aromatic heterocycles. The summed E-state index contributed by atoms with van der Waals surface area (Å²) in [4.78, 5) is 0. The van der Waals surface area contributed by atoms with Crippen molar-refractivity contribution < 1.29 is 4.42 Å². The van der Waals surface area contributed by atoms with Gasteiger partial charge in [-0.1, -0.05) is 32.0 Å². The van der Waals surface area contributed by atoms with E-state index in [0.717, 1.165) is 16.7 Å². The van der Waals surface area contributed by atoms with Gasteiger partial charge in [-0.05, 0) is 12.0 Å². The number of nitriles is 1. The van der Waals surface area contributed by atoms with Crippen LogP contribution in [0.4, 0.5) is 0 Å². The van der Waals surface area contributed by atoms with Crippen LogP contribution in [-0.4, -0.2) is 0 Å². The zero-order chi connectivity index (χ0) is 10.8. The summed E-state index contributed by atoms with van der Waals surface area (Å²) in [6.07, 6.45) is 0.349. The van der Waals surface area contributed by atoms with Gasteiger partial charge in [0.25, 0.3) is 0 Å². The van der Waals surface area contributed by atoms with Gasteiger partial charge in [0.1, 0.15) is 11.3 Å². The first-order valence-corrected chi connectivity index (χ1v) is 5.11. The second-order valence-electron chi connectivity index (χ2n) is 3.92. The van der Waals surface area contributed by atoms with Crippen molar-refractivity contribution >= 4 is 11.0 Å². The Morgan fingerprint density at radius 2 is 2.07 bits per heavy atom. The smallest absolute Gasteiger partial charge is 0.134 e. The maximum Gasteiger partial charge on any atom is 0.134 e. The lowest BCUT2D eigenvalue weighted by Gasteiger charge is -2.03. The van der Waals surface area contributed by atoms with Crippen LogP contribution in [0.15, 0.2) is 28.7 Å². The van der Waals surface area contributed by atoms with Crippen molar-refractivity contribution in [1.29, 1.82) is 5.26 Å². The second kappa shape index (κ2) is 3.78. The lowest BCUT2D eigenvalue weighted by molar-refractivity contribution is 0.556. The molecule has 15 heavy (non-hydrogen) atoms. The summed E-state index contributed by atoms with van der Waals surface area (Å²) in [5.74, 6) is 1.20. The largest absolute Gasteiger partial charge is 0.460 e. The predicted octanol–water partition coefficient (Wildman–Crippen LogP) is 3.62. The van der Waals surface area contributed by atoms with Gasteiger partial charge >= 0.3 is 0 Å². The van der Waals surface area contributed by atoms with Crippen LogP contribution in [0.25, 0.3) is 11.0 Å². The number of rotatable bonds is 2. The Kier molecular flexibility index (Phi) is 2.47. The summed E-state index contributed by atoms with van der Waals surface area (Å²) in [6, 6.07) is 10.1. The molecule has 0 amide bonds. The molecular formula is C13H13NO. The Hall–Kier alpha value is -1.75. The molecule has 0 saturated heterocycles. The Morgan fingerprint density at radius 1 is 1.33 bits per heavy atom. The average Bonchev–Trinajstić information content (AvgIpc) is 2.56. The molecule has 2 aromatic rings. The van der Waals surface area contributed by atoms with Crippen molar-refractivity contribution in [2.45, 2.75) is 26.2 Å². The third-order valence-corrected chi connectivity index (χ3v) is 2.53. The molecule has 0 radical (unpaired) electrons. The van der Waals surface area contributed by atoms with E-state index in [4.69, 9.17) is 9.68 Å². The molecule has 0 aliphatic heterocycles. The van der Waals surface area contributed by atoms with Crippen molar-refractivity contribution in [2.24, 2.45) is 0 Å². The molecule has 1 heterocycles. The van der Waals surface area contributed by atoms with E-state index in [1.165, 1.54) is 5.56 Å². The van der Waals surface area contributed by atoms with Gasteiger partial charge in [-0.15, -0.1) is 0 Å². The first-order chi connectivity index (χ1) is 7.24. The molecule has 0 spiro atoms. The molecule has 2 rings (SSSR count). The van der Waals surface area contributed by atoms with Gasteiger partial charge in [0.15, 0.2) is 0 Å². The number of nitrogens with zero attached hydrogens (tertiary/aromatic N) is 1. The van der Waals surface area contributed by atoms with Crippen molar-refractivity contribution in [2.75, 3.05) is 0 Å². The van der Waals surface area contributed by atoms with Crippen LogP contribution in [0.3, 0.4) is 0 Å². The van der Waals surface area contributed by atoms with E-state index in [1.807, 2.05) is 18.2 Å². The van der Waals surface area contributed by atoms with Gasteiger partial charge in [-0.25, -0.2) is 0 Å². The van der Waals surface area contributed by atoms with Gasteiger partial charge in [0.2, 0.25) is 0 Å². The van der Waals surface area contributed by atoms with Crippen molar-refractivity contribution in [1.82, 2.24) is 0 Å². The van der Waals surface area contributed by atoms with Gasteiger partial charge in [0.05, 0.1) is 12.5 Å². The van der Waals surface area contributed by atoms with Crippen LogP contribution in [-0.2, 0) is 6.42 Å². The molecule has 2 heteroatoms. The summed E-state index contributed by atoms with van der Waals surface area (Å²) in [5, 5.41) is 9.88. The SMILES string of the molecule is CC(C)c1c(CC#N)oc2ccccc12. The number of fused-ring (bicyclic) bond motifs is 1. The molecule has 0 bridgehead atoms. The highest BCUT2D eigenvalue weighted by molar-refractivity contribution is 5.82. The maximum atomic E-state index is 8.74. The molecule has 76 valence electrons. The van der Waals surface area contributed by atoms with Crippen LogP contribution >= 0.6 is 0 Å². The predicted molar refractivity (Wildman–Crippen MR) is 59.6 cm³/mol. The molecule has 2 nitrogen and oxygen atoms in total. The van der Waals surface area contributed by atoms with E-state index in [2.05, 4.69) is 26.0 Å². The summed E-state index contributed by atoms with van der Waals surface area (Å²) in [5.41, 5.74) is 2.05. The third kappa shape index (κ3) is 1.61. The highest BCUT2D eigenvalue weighted by Crippen LogP contribution is 2.31. The fraction of sp³-hybridized carbons (Fsp3) is 0.308. The fourth-order valence-corrected chi connectivity index (χ4v) is 1.95. The van der Waals surface area contributed by atoms with E-state index in [0.29, 0.717) is 12.3 Å². The van der Waals surface area contributed by atoms with Crippen LogP contribution in [0, 0.1) is 11.3 Å². The highest BCUT2D eigenvalue weighted by atomic mass is 16.3. The number of benzene rings is 1. The van der Waals surface area contributed by atoms with E-state index in [9.17, 15) is 0 Å². The van der Waals surface area contributed by atoms with Crippen molar-refractivity contribution in [3.8, 4) is 6.07 Å². The summed E-state index contributed by atoms with van der Waals surface area (Å²) in [7, 11) is 0. The maximum absolute atomic E-state index is 8.74. The van der Waals surface area contributed by atoms with Crippen LogP contribution < -0.4 is 0 Å². The molecule has 0 fully saturated rings. The topological polar surface area (TPSA) is 36.9 Å². The first-order valence-electron chi connectivity index (χ1n) is 5.11. The van der Waals surface area contributed by atoms with Gasteiger partial charge in [0, 0.05) is 10.9 Å². The summed E-state index contributed by atoms with van der Waals surface area (Å²) in [6.45, 7) is 4.25. The Balaban J connectivity index is 2.70. The minimum absolute atomic E-state index is 0.349.